The summed E-state index contributed by atoms with van der Waals surface area (Å²) in [5.41, 5.74) is 1.74. The van der Waals surface area contributed by atoms with Crippen LogP contribution in [0.4, 0.5) is 0 Å². The second-order valence-corrected chi connectivity index (χ2v) is 4.48. The van der Waals surface area contributed by atoms with Crippen LogP contribution in [0.25, 0.3) is 11.6 Å². The van der Waals surface area contributed by atoms with Crippen LogP contribution in [0.1, 0.15) is 32.1 Å². The van der Waals surface area contributed by atoms with Crippen molar-refractivity contribution in [1.29, 1.82) is 0 Å². The third-order valence-corrected chi connectivity index (χ3v) is 3.68. The summed E-state index contributed by atoms with van der Waals surface area (Å²) in [5.74, 6) is 0.898. The zero-order valence-electron chi connectivity index (χ0n) is 8.50. The Hall–Kier alpha value is -1.04. The number of hydrogen-bond acceptors (Lipinski definition) is 0. The minimum absolute atomic E-state index is 0.898. The number of fused-ring (bicyclic) bond motifs is 2. The molecule has 0 radical (unpaired) electrons. The summed E-state index contributed by atoms with van der Waals surface area (Å²) < 4.78 is 0. The van der Waals surface area contributed by atoms with E-state index in [0.717, 1.165) is 5.92 Å². The van der Waals surface area contributed by atoms with Gasteiger partial charge in [0.25, 0.3) is 0 Å². The molecule has 1 atom stereocenters. The van der Waals surface area contributed by atoms with Crippen LogP contribution < -0.4 is 10.4 Å². The average Bonchev–Trinajstić information content (AvgIpc) is 2.61. The minimum Gasteiger partial charge on any atom is -0.0766 e. The zero-order valence-corrected chi connectivity index (χ0v) is 8.50. The monoisotopic (exact) mass is 184 g/mol. The minimum atomic E-state index is 0.898. The average molecular weight is 184 g/mol. The number of hydrogen-bond donors (Lipinski definition) is 0. The first-order valence-corrected chi connectivity index (χ1v) is 5.73. The number of benzene rings is 1. The Morgan fingerprint density at radius 3 is 3.00 bits per heavy atom. The summed E-state index contributed by atoms with van der Waals surface area (Å²) in [7, 11) is 0. The van der Waals surface area contributed by atoms with E-state index in [0.29, 0.717) is 0 Å². The molecule has 14 heavy (non-hydrogen) atoms. The summed E-state index contributed by atoms with van der Waals surface area (Å²) >= 11 is 0. The zero-order chi connectivity index (χ0) is 9.38. The fourth-order valence-corrected chi connectivity index (χ4v) is 3.00. The highest BCUT2D eigenvalue weighted by Crippen LogP contribution is 2.35. The van der Waals surface area contributed by atoms with Crippen molar-refractivity contribution in [3.63, 3.8) is 0 Å². The van der Waals surface area contributed by atoms with Gasteiger partial charge in [0.05, 0.1) is 0 Å². The van der Waals surface area contributed by atoms with Crippen LogP contribution in [0, 0.1) is 5.92 Å². The molecule has 0 aliphatic heterocycles. The van der Waals surface area contributed by atoms with Crippen molar-refractivity contribution >= 4 is 11.6 Å². The van der Waals surface area contributed by atoms with Crippen LogP contribution in [-0.4, -0.2) is 0 Å². The van der Waals surface area contributed by atoms with Gasteiger partial charge in [-0.05, 0) is 48.5 Å². The quantitative estimate of drug-likeness (QED) is 0.580. The molecule has 0 N–H and O–H groups in total. The van der Waals surface area contributed by atoms with Gasteiger partial charge in [0, 0.05) is 0 Å². The van der Waals surface area contributed by atoms with Crippen molar-refractivity contribution in [1.82, 2.24) is 0 Å². The fraction of sp³-hybridized carbons (Fsp3) is 0.429. The van der Waals surface area contributed by atoms with Crippen molar-refractivity contribution in [3.8, 4) is 0 Å². The van der Waals surface area contributed by atoms with E-state index in [1.165, 1.54) is 37.3 Å². The predicted molar refractivity (Wildman–Crippen MR) is 60.1 cm³/mol. The molecule has 0 bridgehead atoms. The second kappa shape index (κ2) is 3.27. The normalized spacial score (nSPS) is 24.9. The Labute approximate surface area is 85.0 Å². The molecule has 1 aromatic rings. The summed E-state index contributed by atoms with van der Waals surface area (Å²) in [5, 5.41) is 3.03. The van der Waals surface area contributed by atoms with Crippen molar-refractivity contribution in [2.24, 2.45) is 5.92 Å². The molecule has 72 valence electrons. The molecular weight excluding hydrogens is 168 g/mol. The Bertz CT molecular complexity index is 453. The molecule has 0 heterocycles. The van der Waals surface area contributed by atoms with Crippen molar-refractivity contribution in [3.05, 3.63) is 34.7 Å². The van der Waals surface area contributed by atoms with E-state index in [2.05, 4.69) is 30.3 Å². The molecule has 2 aliphatic carbocycles. The Morgan fingerprint density at radius 1 is 1.07 bits per heavy atom. The van der Waals surface area contributed by atoms with Gasteiger partial charge in [-0.1, -0.05) is 35.9 Å². The van der Waals surface area contributed by atoms with Gasteiger partial charge < -0.3 is 0 Å². The molecule has 0 aromatic heterocycles. The maximum absolute atomic E-state index is 2.42. The van der Waals surface area contributed by atoms with Crippen molar-refractivity contribution in [2.75, 3.05) is 0 Å². The lowest BCUT2D eigenvalue weighted by atomic mass is 9.97. The molecular formula is C14H16. The smallest absolute Gasteiger partial charge is 0.0191 e. The van der Waals surface area contributed by atoms with Gasteiger partial charge in [0.2, 0.25) is 0 Å². The SMILES string of the molecule is C1=c2ccccc2=C2CCCC2CC1. The van der Waals surface area contributed by atoms with E-state index in [4.69, 9.17) is 0 Å². The van der Waals surface area contributed by atoms with Crippen molar-refractivity contribution < 1.29 is 0 Å². The first-order chi connectivity index (χ1) is 6.95. The standard InChI is InChI=1S/C14H16/c1-2-9-13-11(5-1)6-3-7-12-8-4-10-14(12)13/h1-2,5-6,9,12H,3-4,7-8,10H2. The Morgan fingerprint density at radius 2 is 2.00 bits per heavy atom. The summed E-state index contributed by atoms with van der Waals surface area (Å²) in [6.45, 7) is 0. The fourth-order valence-electron chi connectivity index (χ4n) is 3.00. The highest BCUT2D eigenvalue weighted by molar-refractivity contribution is 5.52. The van der Waals surface area contributed by atoms with Gasteiger partial charge in [0.15, 0.2) is 0 Å². The van der Waals surface area contributed by atoms with Gasteiger partial charge >= 0.3 is 0 Å². The highest BCUT2D eigenvalue weighted by Gasteiger charge is 2.21. The van der Waals surface area contributed by atoms with Crippen LogP contribution in [-0.2, 0) is 0 Å². The van der Waals surface area contributed by atoms with Gasteiger partial charge in [-0.15, -0.1) is 0 Å². The van der Waals surface area contributed by atoms with E-state index in [1.54, 1.807) is 10.8 Å². The molecule has 1 aromatic carbocycles. The molecule has 1 unspecified atom stereocenters. The molecule has 3 rings (SSSR count). The summed E-state index contributed by atoms with van der Waals surface area (Å²) in [6, 6.07) is 8.92. The van der Waals surface area contributed by atoms with Crippen molar-refractivity contribution in [2.45, 2.75) is 32.1 Å². The highest BCUT2D eigenvalue weighted by atomic mass is 14.3. The van der Waals surface area contributed by atoms with E-state index < -0.39 is 0 Å². The maximum atomic E-state index is 2.42. The molecule has 0 nitrogen and oxygen atoms in total. The largest absolute Gasteiger partial charge is 0.0766 e. The maximum Gasteiger partial charge on any atom is -0.0191 e. The van der Waals surface area contributed by atoms with Crippen LogP contribution in [0.2, 0.25) is 0 Å². The summed E-state index contributed by atoms with van der Waals surface area (Å²) in [6.07, 6.45) is 9.25. The molecule has 1 saturated carbocycles. The van der Waals surface area contributed by atoms with E-state index in [1.807, 2.05) is 0 Å². The molecule has 1 fully saturated rings. The van der Waals surface area contributed by atoms with Gasteiger partial charge in [0.1, 0.15) is 0 Å². The van der Waals surface area contributed by atoms with Crippen LogP contribution in [0.15, 0.2) is 24.3 Å². The van der Waals surface area contributed by atoms with Crippen LogP contribution >= 0.6 is 0 Å². The van der Waals surface area contributed by atoms with E-state index in [9.17, 15) is 0 Å². The molecule has 0 amide bonds. The Kier molecular flexibility index (Phi) is 1.93. The second-order valence-electron chi connectivity index (χ2n) is 4.48. The molecule has 2 aliphatic rings. The topological polar surface area (TPSA) is 0 Å². The molecule has 0 saturated heterocycles. The number of rotatable bonds is 0. The van der Waals surface area contributed by atoms with Gasteiger partial charge in [-0.2, -0.15) is 0 Å². The predicted octanol–water partition coefficient (Wildman–Crippen LogP) is 2.21. The van der Waals surface area contributed by atoms with Crippen LogP contribution in [0.3, 0.4) is 0 Å². The summed E-state index contributed by atoms with van der Waals surface area (Å²) in [4.78, 5) is 0. The third-order valence-electron chi connectivity index (χ3n) is 3.68. The lowest BCUT2D eigenvalue weighted by Gasteiger charge is -2.08. The van der Waals surface area contributed by atoms with E-state index >= 15 is 0 Å². The molecule has 0 heteroatoms. The molecule has 0 spiro atoms. The third kappa shape index (κ3) is 1.21. The lowest BCUT2D eigenvalue weighted by Crippen LogP contribution is -2.26. The lowest BCUT2D eigenvalue weighted by molar-refractivity contribution is 0.614. The van der Waals surface area contributed by atoms with Gasteiger partial charge in [-0.3, -0.25) is 0 Å². The van der Waals surface area contributed by atoms with Crippen LogP contribution in [0.5, 0.6) is 0 Å². The first-order valence-electron chi connectivity index (χ1n) is 5.73. The first kappa shape index (κ1) is 8.28. The van der Waals surface area contributed by atoms with E-state index in [-0.39, 0.29) is 0 Å². The van der Waals surface area contributed by atoms with Gasteiger partial charge in [-0.25, -0.2) is 0 Å². The Balaban J connectivity index is 2.36.